The third kappa shape index (κ3) is 2.71. The first-order chi connectivity index (χ1) is 8.63. The molecule has 2 rings (SSSR count). The fourth-order valence-corrected chi connectivity index (χ4v) is 1.90. The second kappa shape index (κ2) is 5.23. The monoisotopic (exact) mass is 241 g/mol. The Morgan fingerprint density at radius 2 is 1.50 bits per heavy atom. The van der Waals surface area contributed by atoms with E-state index in [4.69, 9.17) is 4.74 Å². The molecule has 0 amide bonds. The van der Waals surface area contributed by atoms with Crippen LogP contribution in [-0.2, 0) is 10.3 Å². The number of ether oxygens (including phenoxy) is 1. The normalized spacial score (nSPS) is 11.3. The third-order valence-electron chi connectivity index (χ3n) is 3.14. The van der Waals surface area contributed by atoms with E-state index >= 15 is 0 Å². The van der Waals surface area contributed by atoms with Gasteiger partial charge in [0.05, 0.1) is 5.60 Å². The second-order valence-electron chi connectivity index (χ2n) is 4.75. The minimum atomic E-state index is -0.307. The molecule has 0 atom stereocenters. The van der Waals surface area contributed by atoms with Crippen LogP contribution in [0.1, 0.15) is 19.4 Å². The Labute approximate surface area is 109 Å². The van der Waals surface area contributed by atoms with Crippen LogP contribution < -0.4 is 5.32 Å². The lowest BCUT2D eigenvalue weighted by atomic mass is 9.96. The number of rotatable bonds is 4. The van der Waals surface area contributed by atoms with Crippen molar-refractivity contribution in [3.05, 3.63) is 60.2 Å². The van der Waals surface area contributed by atoms with E-state index in [-0.39, 0.29) is 5.60 Å². The van der Waals surface area contributed by atoms with Crippen molar-refractivity contribution in [1.29, 1.82) is 0 Å². The van der Waals surface area contributed by atoms with E-state index in [1.54, 1.807) is 7.11 Å². The fourth-order valence-electron chi connectivity index (χ4n) is 1.90. The Kier molecular flexibility index (Phi) is 3.68. The first kappa shape index (κ1) is 12.7. The third-order valence-corrected chi connectivity index (χ3v) is 3.14. The van der Waals surface area contributed by atoms with Crippen molar-refractivity contribution in [2.75, 3.05) is 12.4 Å². The molecule has 0 aliphatic carbocycles. The smallest absolute Gasteiger partial charge is 0.0891 e. The molecule has 0 unspecified atom stereocenters. The highest BCUT2D eigenvalue weighted by Gasteiger charge is 2.22. The molecular weight excluding hydrogens is 222 g/mol. The first-order valence-corrected chi connectivity index (χ1v) is 6.10. The average molecular weight is 241 g/mol. The molecule has 0 fully saturated rings. The SMILES string of the molecule is COC(C)(C)c1ccccc1Nc1ccccc1. The average Bonchev–Trinajstić information content (AvgIpc) is 2.40. The summed E-state index contributed by atoms with van der Waals surface area (Å²) in [6.45, 7) is 4.14. The van der Waals surface area contributed by atoms with Gasteiger partial charge < -0.3 is 10.1 Å². The maximum absolute atomic E-state index is 5.56. The van der Waals surface area contributed by atoms with Gasteiger partial charge in [-0.2, -0.15) is 0 Å². The highest BCUT2D eigenvalue weighted by atomic mass is 16.5. The van der Waals surface area contributed by atoms with Crippen molar-refractivity contribution >= 4 is 11.4 Å². The summed E-state index contributed by atoms with van der Waals surface area (Å²) in [4.78, 5) is 0. The predicted octanol–water partition coefficient (Wildman–Crippen LogP) is 4.31. The summed E-state index contributed by atoms with van der Waals surface area (Å²) in [5, 5.41) is 3.43. The number of hydrogen-bond donors (Lipinski definition) is 1. The van der Waals surface area contributed by atoms with Gasteiger partial charge in [-0.1, -0.05) is 36.4 Å². The fraction of sp³-hybridized carbons (Fsp3) is 0.250. The Morgan fingerprint density at radius 3 is 2.17 bits per heavy atom. The standard InChI is InChI=1S/C16H19NO/c1-16(2,18-3)14-11-7-8-12-15(14)17-13-9-5-4-6-10-13/h4-12,17H,1-3H3. The molecule has 0 aromatic heterocycles. The van der Waals surface area contributed by atoms with Crippen LogP contribution in [0, 0.1) is 0 Å². The van der Waals surface area contributed by atoms with E-state index < -0.39 is 0 Å². The molecule has 0 saturated carbocycles. The van der Waals surface area contributed by atoms with E-state index in [1.807, 2.05) is 30.3 Å². The molecule has 0 saturated heterocycles. The largest absolute Gasteiger partial charge is 0.374 e. The number of para-hydroxylation sites is 2. The van der Waals surface area contributed by atoms with Crippen molar-refractivity contribution in [1.82, 2.24) is 0 Å². The molecule has 0 radical (unpaired) electrons. The summed E-state index contributed by atoms with van der Waals surface area (Å²) < 4.78 is 5.56. The molecule has 2 nitrogen and oxygen atoms in total. The van der Waals surface area contributed by atoms with E-state index in [0.717, 1.165) is 16.9 Å². The molecule has 2 aromatic rings. The van der Waals surface area contributed by atoms with E-state index in [1.165, 1.54) is 0 Å². The maximum Gasteiger partial charge on any atom is 0.0891 e. The Hall–Kier alpha value is -1.80. The quantitative estimate of drug-likeness (QED) is 0.861. The van der Waals surface area contributed by atoms with E-state index in [2.05, 4.69) is 43.4 Å². The van der Waals surface area contributed by atoms with Gasteiger partial charge in [-0.3, -0.25) is 0 Å². The summed E-state index contributed by atoms with van der Waals surface area (Å²) >= 11 is 0. The lowest BCUT2D eigenvalue weighted by Crippen LogP contribution is -2.20. The Balaban J connectivity index is 2.34. The van der Waals surface area contributed by atoms with Crippen LogP contribution in [0.5, 0.6) is 0 Å². The van der Waals surface area contributed by atoms with Crippen molar-refractivity contribution in [3.8, 4) is 0 Å². The lowest BCUT2D eigenvalue weighted by molar-refractivity contribution is 0.0198. The molecule has 2 aromatic carbocycles. The number of anilines is 2. The summed E-state index contributed by atoms with van der Waals surface area (Å²) in [7, 11) is 1.74. The molecule has 94 valence electrons. The lowest BCUT2D eigenvalue weighted by Gasteiger charge is -2.26. The minimum absolute atomic E-state index is 0.307. The Bertz CT molecular complexity index is 506. The molecular formula is C16H19NO. The predicted molar refractivity (Wildman–Crippen MR) is 76.2 cm³/mol. The molecule has 0 heterocycles. The molecule has 1 N–H and O–H groups in total. The zero-order valence-electron chi connectivity index (χ0n) is 11.1. The first-order valence-electron chi connectivity index (χ1n) is 6.10. The maximum atomic E-state index is 5.56. The van der Waals surface area contributed by atoms with Crippen LogP contribution >= 0.6 is 0 Å². The summed E-state index contributed by atoms with van der Waals surface area (Å²) in [6.07, 6.45) is 0. The molecule has 0 spiro atoms. The number of hydrogen-bond acceptors (Lipinski definition) is 2. The molecule has 0 bridgehead atoms. The van der Waals surface area contributed by atoms with Gasteiger partial charge in [0.15, 0.2) is 0 Å². The van der Waals surface area contributed by atoms with Gasteiger partial charge >= 0.3 is 0 Å². The minimum Gasteiger partial charge on any atom is -0.374 e. The van der Waals surface area contributed by atoms with Crippen LogP contribution in [0.2, 0.25) is 0 Å². The van der Waals surface area contributed by atoms with E-state index in [9.17, 15) is 0 Å². The topological polar surface area (TPSA) is 21.3 Å². The summed E-state index contributed by atoms with van der Waals surface area (Å²) in [6, 6.07) is 18.4. The van der Waals surface area contributed by atoms with Gasteiger partial charge in [0.2, 0.25) is 0 Å². The molecule has 0 aliphatic heterocycles. The highest BCUT2D eigenvalue weighted by molar-refractivity contribution is 5.64. The summed E-state index contributed by atoms with van der Waals surface area (Å²) in [5.74, 6) is 0. The van der Waals surface area contributed by atoms with Crippen LogP contribution in [-0.4, -0.2) is 7.11 Å². The number of benzene rings is 2. The van der Waals surface area contributed by atoms with Crippen LogP contribution in [0.25, 0.3) is 0 Å². The van der Waals surface area contributed by atoms with Gasteiger partial charge in [-0.25, -0.2) is 0 Å². The molecule has 0 aliphatic rings. The molecule has 2 heteroatoms. The highest BCUT2D eigenvalue weighted by Crippen LogP contribution is 2.31. The van der Waals surface area contributed by atoms with Gasteiger partial charge in [0.1, 0.15) is 0 Å². The van der Waals surface area contributed by atoms with Gasteiger partial charge in [-0.05, 0) is 32.0 Å². The van der Waals surface area contributed by atoms with E-state index in [0.29, 0.717) is 0 Å². The zero-order valence-corrected chi connectivity index (χ0v) is 11.1. The van der Waals surface area contributed by atoms with Crippen molar-refractivity contribution in [2.45, 2.75) is 19.4 Å². The number of methoxy groups -OCH3 is 1. The Morgan fingerprint density at radius 1 is 0.889 bits per heavy atom. The van der Waals surface area contributed by atoms with Crippen molar-refractivity contribution in [3.63, 3.8) is 0 Å². The van der Waals surface area contributed by atoms with Gasteiger partial charge in [-0.15, -0.1) is 0 Å². The van der Waals surface area contributed by atoms with Crippen molar-refractivity contribution in [2.24, 2.45) is 0 Å². The van der Waals surface area contributed by atoms with Crippen LogP contribution in [0.4, 0.5) is 11.4 Å². The zero-order chi connectivity index (χ0) is 13.0. The van der Waals surface area contributed by atoms with Crippen LogP contribution in [0.15, 0.2) is 54.6 Å². The van der Waals surface area contributed by atoms with Crippen LogP contribution in [0.3, 0.4) is 0 Å². The van der Waals surface area contributed by atoms with Gasteiger partial charge in [0.25, 0.3) is 0 Å². The summed E-state index contributed by atoms with van der Waals surface area (Å²) in [5.41, 5.74) is 3.00. The number of nitrogens with one attached hydrogen (secondary N) is 1. The second-order valence-corrected chi connectivity index (χ2v) is 4.75. The van der Waals surface area contributed by atoms with Gasteiger partial charge in [0, 0.05) is 24.0 Å². The van der Waals surface area contributed by atoms with Crippen molar-refractivity contribution < 1.29 is 4.74 Å². The molecule has 18 heavy (non-hydrogen) atoms.